The van der Waals surface area contributed by atoms with E-state index in [9.17, 15) is 15.2 Å². The topological polar surface area (TPSA) is 66.6 Å². The second-order valence-corrected chi connectivity index (χ2v) is 5.40. The summed E-state index contributed by atoms with van der Waals surface area (Å²) < 4.78 is 0. The summed E-state index contributed by atoms with van der Waals surface area (Å²) >= 11 is 0. The largest absolute Gasteiger partial charge is 0.386 e. The summed E-state index contributed by atoms with van der Waals surface area (Å²) in [6.07, 6.45) is 0. The normalized spacial score (nSPS) is 17.7. The van der Waals surface area contributed by atoms with Gasteiger partial charge in [0.1, 0.15) is 5.60 Å². The van der Waals surface area contributed by atoms with E-state index < -0.39 is 5.60 Å². The number of nitro benzene ring substituents is 1. The van der Waals surface area contributed by atoms with Gasteiger partial charge in [0.15, 0.2) is 0 Å². The second kappa shape index (κ2) is 4.24. The smallest absolute Gasteiger partial charge is 0.271 e. The molecule has 1 saturated heterocycles. The van der Waals surface area contributed by atoms with Gasteiger partial charge in [-0.05, 0) is 24.5 Å². The number of nitrogens with zero attached hydrogens (tertiary/aromatic N) is 2. The Balaban J connectivity index is 2.19. The quantitative estimate of drug-likeness (QED) is 0.659. The first-order valence-electron chi connectivity index (χ1n) is 6.05. The van der Waals surface area contributed by atoms with Crippen molar-refractivity contribution in [1.82, 2.24) is 0 Å². The highest BCUT2D eigenvalue weighted by Crippen LogP contribution is 2.34. The molecule has 5 nitrogen and oxygen atoms in total. The number of hydrogen-bond acceptors (Lipinski definition) is 4. The van der Waals surface area contributed by atoms with Gasteiger partial charge in [0.05, 0.1) is 4.92 Å². The van der Waals surface area contributed by atoms with Crippen LogP contribution >= 0.6 is 0 Å². The Labute approximate surface area is 106 Å². The van der Waals surface area contributed by atoms with Crippen LogP contribution in [-0.2, 0) is 0 Å². The molecule has 0 aromatic heterocycles. The fourth-order valence-electron chi connectivity index (χ4n) is 2.19. The highest BCUT2D eigenvalue weighted by atomic mass is 16.6. The molecule has 1 heterocycles. The van der Waals surface area contributed by atoms with Crippen LogP contribution in [0.25, 0.3) is 0 Å². The van der Waals surface area contributed by atoms with Gasteiger partial charge < -0.3 is 10.0 Å². The first-order valence-corrected chi connectivity index (χ1v) is 6.05. The molecule has 0 radical (unpaired) electrons. The number of anilines is 1. The minimum absolute atomic E-state index is 0.102. The molecule has 0 bridgehead atoms. The number of rotatable bonds is 3. The van der Waals surface area contributed by atoms with Gasteiger partial charge in [-0.1, -0.05) is 13.8 Å². The molecule has 5 heteroatoms. The Kier molecular flexibility index (Phi) is 3.02. The third-order valence-corrected chi connectivity index (χ3v) is 3.63. The zero-order valence-electron chi connectivity index (χ0n) is 10.9. The van der Waals surface area contributed by atoms with E-state index in [1.165, 1.54) is 0 Å². The third-order valence-electron chi connectivity index (χ3n) is 3.63. The molecule has 0 amide bonds. The van der Waals surface area contributed by atoms with Crippen molar-refractivity contribution in [1.29, 1.82) is 0 Å². The zero-order chi connectivity index (χ0) is 13.5. The van der Waals surface area contributed by atoms with Crippen LogP contribution in [0.1, 0.15) is 19.4 Å². The number of aryl methyl sites for hydroxylation is 1. The van der Waals surface area contributed by atoms with Crippen LogP contribution in [0.2, 0.25) is 0 Å². The van der Waals surface area contributed by atoms with Crippen molar-refractivity contribution in [3.05, 3.63) is 33.9 Å². The van der Waals surface area contributed by atoms with E-state index in [0.717, 1.165) is 11.3 Å². The fraction of sp³-hybridized carbons (Fsp3) is 0.538. The molecule has 0 unspecified atom stereocenters. The lowest BCUT2D eigenvalue weighted by Gasteiger charge is -2.50. The van der Waals surface area contributed by atoms with Crippen LogP contribution in [0.3, 0.4) is 0 Å². The summed E-state index contributed by atoms with van der Waals surface area (Å²) in [6.45, 7) is 6.87. The molecule has 0 saturated carbocycles. The Hall–Kier alpha value is -1.62. The van der Waals surface area contributed by atoms with E-state index in [2.05, 4.69) is 0 Å². The number of nitro groups is 1. The van der Waals surface area contributed by atoms with Gasteiger partial charge in [0.2, 0.25) is 0 Å². The summed E-state index contributed by atoms with van der Waals surface area (Å²) in [6, 6.07) is 5.03. The van der Waals surface area contributed by atoms with Gasteiger partial charge in [0, 0.05) is 30.9 Å². The first-order chi connectivity index (χ1) is 8.32. The molecule has 18 heavy (non-hydrogen) atoms. The molecular formula is C13H18N2O3. The SMILES string of the molecule is Cc1cc(N2CC(O)(C(C)C)C2)cc([N+](=O)[O-])c1. The summed E-state index contributed by atoms with van der Waals surface area (Å²) in [5.74, 6) is 0.188. The molecule has 1 fully saturated rings. The number of β-amino-alcohol motifs (C(OH)–C–C–N with tert-alkyl or cyclic N) is 1. The van der Waals surface area contributed by atoms with E-state index in [0.29, 0.717) is 13.1 Å². The third kappa shape index (κ3) is 2.18. The average molecular weight is 250 g/mol. The summed E-state index contributed by atoms with van der Waals surface area (Å²) in [4.78, 5) is 12.4. The number of non-ortho nitro benzene ring substituents is 1. The van der Waals surface area contributed by atoms with E-state index >= 15 is 0 Å². The van der Waals surface area contributed by atoms with Crippen LogP contribution in [0.4, 0.5) is 11.4 Å². The Morgan fingerprint density at radius 1 is 1.39 bits per heavy atom. The van der Waals surface area contributed by atoms with E-state index in [4.69, 9.17) is 0 Å². The second-order valence-electron chi connectivity index (χ2n) is 5.40. The van der Waals surface area contributed by atoms with Crippen molar-refractivity contribution < 1.29 is 10.0 Å². The molecule has 0 atom stereocenters. The van der Waals surface area contributed by atoms with Gasteiger partial charge in [-0.2, -0.15) is 0 Å². The summed E-state index contributed by atoms with van der Waals surface area (Å²) in [5, 5.41) is 21.0. The molecule has 2 rings (SSSR count). The van der Waals surface area contributed by atoms with Gasteiger partial charge in [-0.3, -0.25) is 10.1 Å². The van der Waals surface area contributed by atoms with E-state index in [-0.39, 0.29) is 16.5 Å². The van der Waals surface area contributed by atoms with Crippen LogP contribution < -0.4 is 4.90 Å². The van der Waals surface area contributed by atoms with Crippen LogP contribution in [0.5, 0.6) is 0 Å². The van der Waals surface area contributed by atoms with Gasteiger partial charge in [-0.15, -0.1) is 0 Å². The molecule has 1 aromatic carbocycles. The maximum atomic E-state index is 10.8. The lowest BCUT2D eigenvalue weighted by molar-refractivity contribution is -0.384. The monoisotopic (exact) mass is 250 g/mol. The average Bonchev–Trinajstić information content (AvgIpc) is 2.23. The number of aliphatic hydroxyl groups is 1. The van der Waals surface area contributed by atoms with Crippen LogP contribution in [0.15, 0.2) is 18.2 Å². The van der Waals surface area contributed by atoms with Crippen LogP contribution in [0, 0.1) is 23.0 Å². The first kappa shape index (κ1) is 12.8. The molecule has 98 valence electrons. The predicted molar refractivity (Wildman–Crippen MR) is 69.8 cm³/mol. The summed E-state index contributed by atoms with van der Waals surface area (Å²) in [7, 11) is 0. The Bertz CT molecular complexity index is 479. The van der Waals surface area contributed by atoms with Crippen molar-refractivity contribution in [3.8, 4) is 0 Å². The van der Waals surface area contributed by atoms with Crippen molar-refractivity contribution >= 4 is 11.4 Å². The minimum atomic E-state index is -0.668. The van der Waals surface area contributed by atoms with E-state index in [1.807, 2.05) is 31.7 Å². The molecule has 1 aliphatic heterocycles. The standard InChI is InChI=1S/C13H18N2O3/c1-9(2)13(16)7-14(8-13)11-4-10(3)5-12(6-11)15(17)18/h4-6,9,16H,7-8H2,1-3H3. The zero-order valence-corrected chi connectivity index (χ0v) is 10.9. The van der Waals surface area contributed by atoms with Crippen molar-refractivity contribution in [2.75, 3.05) is 18.0 Å². The molecule has 1 N–H and O–H groups in total. The number of benzene rings is 1. The van der Waals surface area contributed by atoms with Gasteiger partial charge in [-0.25, -0.2) is 0 Å². The van der Waals surface area contributed by atoms with Crippen LogP contribution in [-0.4, -0.2) is 28.7 Å². The Morgan fingerprint density at radius 3 is 2.50 bits per heavy atom. The van der Waals surface area contributed by atoms with Crippen molar-refractivity contribution in [3.63, 3.8) is 0 Å². The maximum Gasteiger partial charge on any atom is 0.271 e. The lowest BCUT2D eigenvalue weighted by Crippen LogP contribution is -2.64. The summed E-state index contributed by atoms with van der Waals surface area (Å²) in [5.41, 5.74) is 1.11. The molecule has 0 spiro atoms. The van der Waals surface area contributed by atoms with E-state index in [1.54, 1.807) is 12.1 Å². The molecular weight excluding hydrogens is 232 g/mol. The fourth-order valence-corrected chi connectivity index (χ4v) is 2.19. The molecule has 1 aliphatic rings. The maximum absolute atomic E-state index is 10.8. The van der Waals surface area contributed by atoms with Gasteiger partial charge in [0.25, 0.3) is 5.69 Å². The predicted octanol–water partition coefficient (Wildman–Crippen LogP) is 2.11. The highest BCUT2D eigenvalue weighted by Gasteiger charge is 2.43. The number of hydrogen-bond donors (Lipinski definition) is 1. The minimum Gasteiger partial charge on any atom is -0.386 e. The lowest BCUT2D eigenvalue weighted by atomic mass is 9.82. The Morgan fingerprint density at radius 2 is 2.00 bits per heavy atom. The van der Waals surface area contributed by atoms with Crippen molar-refractivity contribution in [2.24, 2.45) is 5.92 Å². The van der Waals surface area contributed by atoms with Gasteiger partial charge >= 0.3 is 0 Å². The highest BCUT2D eigenvalue weighted by molar-refractivity contribution is 5.58. The molecule has 0 aliphatic carbocycles. The van der Waals surface area contributed by atoms with Crippen molar-refractivity contribution in [2.45, 2.75) is 26.4 Å². The molecule has 1 aromatic rings.